The first-order valence-corrected chi connectivity index (χ1v) is 8.80. The summed E-state index contributed by atoms with van der Waals surface area (Å²) < 4.78 is 2.62. The number of benzene rings is 1. The van der Waals surface area contributed by atoms with Gasteiger partial charge in [0.05, 0.1) is 0 Å². The van der Waals surface area contributed by atoms with Crippen LogP contribution < -0.4 is 16.6 Å². The zero-order chi connectivity index (χ0) is 18.7. The molecular weight excluding hydrogens is 332 g/mol. The third-order valence-corrected chi connectivity index (χ3v) is 4.97. The summed E-state index contributed by atoms with van der Waals surface area (Å²) in [6, 6.07) is 10.9. The molecule has 1 aliphatic heterocycles. The van der Waals surface area contributed by atoms with E-state index in [1.165, 1.54) is 17.7 Å². The first-order chi connectivity index (χ1) is 12.5. The second-order valence-corrected chi connectivity index (χ2v) is 6.76. The van der Waals surface area contributed by atoms with Crippen LogP contribution in [-0.2, 0) is 20.6 Å². The molecule has 1 aliphatic rings. The number of hydrogen-bond acceptors (Lipinski definition) is 4. The van der Waals surface area contributed by atoms with Crippen molar-refractivity contribution in [2.45, 2.75) is 25.4 Å². The van der Waals surface area contributed by atoms with Gasteiger partial charge in [0.2, 0.25) is 0 Å². The molecule has 2 heterocycles. The summed E-state index contributed by atoms with van der Waals surface area (Å²) in [6.07, 6.45) is 1.69. The minimum Gasteiger partial charge on any atom is -0.349 e. The van der Waals surface area contributed by atoms with Gasteiger partial charge in [-0.1, -0.05) is 18.2 Å². The van der Waals surface area contributed by atoms with E-state index in [1.54, 1.807) is 19.2 Å². The first kappa shape index (κ1) is 18.1. The molecule has 1 aromatic carbocycles. The van der Waals surface area contributed by atoms with Crippen molar-refractivity contribution in [1.29, 1.82) is 0 Å². The number of carbonyl (C=O) groups excluding carboxylic acids is 1. The molecule has 0 atom stereocenters. The maximum absolute atomic E-state index is 12.2. The Bertz CT molecular complexity index is 893. The van der Waals surface area contributed by atoms with E-state index in [2.05, 4.69) is 10.2 Å². The number of nitrogens with one attached hydrogen (secondary N) is 1. The van der Waals surface area contributed by atoms with E-state index in [9.17, 15) is 14.4 Å². The molecule has 0 spiro atoms. The van der Waals surface area contributed by atoms with Gasteiger partial charge in [0.25, 0.3) is 11.5 Å². The van der Waals surface area contributed by atoms with Gasteiger partial charge in [-0.3, -0.25) is 23.6 Å². The highest BCUT2D eigenvalue weighted by Gasteiger charge is 2.22. The van der Waals surface area contributed by atoms with E-state index >= 15 is 0 Å². The van der Waals surface area contributed by atoms with Crippen LogP contribution in [0.15, 0.2) is 46.0 Å². The molecule has 0 aliphatic carbocycles. The van der Waals surface area contributed by atoms with Crippen molar-refractivity contribution in [2.24, 2.45) is 14.1 Å². The van der Waals surface area contributed by atoms with Gasteiger partial charge in [-0.2, -0.15) is 0 Å². The molecular formula is C19H24N4O3. The van der Waals surface area contributed by atoms with Crippen LogP contribution in [0, 0.1) is 0 Å². The molecule has 2 aromatic rings. The lowest BCUT2D eigenvalue weighted by atomic mass is 10.0. The second-order valence-electron chi connectivity index (χ2n) is 6.76. The quantitative estimate of drug-likeness (QED) is 0.864. The van der Waals surface area contributed by atoms with Crippen LogP contribution in [0.25, 0.3) is 0 Å². The van der Waals surface area contributed by atoms with Gasteiger partial charge in [0.15, 0.2) is 0 Å². The lowest BCUT2D eigenvalue weighted by Gasteiger charge is -2.32. The summed E-state index contributed by atoms with van der Waals surface area (Å²) in [7, 11) is 3.17. The van der Waals surface area contributed by atoms with Crippen LogP contribution in [0.1, 0.15) is 28.9 Å². The van der Waals surface area contributed by atoms with Crippen molar-refractivity contribution in [3.8, 4) is 0 Å². The third kappa shape index (κ3) is 3.94. The number of aromatic nitrogens is 2. The van der Waals surface area contributed by atoms with Gasteiger partial charge in [-0.05, 0) is 25.0 Å². The van der Waals surface area contributed by atoms with Crippen molar-refractivity contribution in [1.82, 2.24) is 19.4 Å². The maximum atomic E-state index is 12.2. The van der Waals surface area contributed by atoms with Crippen molar-refractivity contribution in [3.63, 3.8) is 0 Å². The zero-order valence-corrected chi connectivity index (χ0v) is 15.1. The molecule has 0 saturated carbocycles. The van der Waals surface area contributed by atoms with Crippen LogP contribution >= 0.6 is 0 Å². The first-order valence-electron chi connectivity index (χ1n) is 8.80. The molecule has 0 bridgehead atoms. The zero-order valence-electron chi connectivity index (χ0n) is 15.1. The molecule has 1 saturated heterocycles. The number of rotatable bonds is 4. The molecule has 0 unspecified atom stereocenters. The Kier molecular flexibility index (Phi) is 5.37. The number of carbonyl (C=O) groups is 1. The standard InChI is InChI=1S/C19H24N4O3/c1-21-16(12-17(24)22(2)19(21)26)13-23-10-8-15(9-11-23)20-18(25)14-6-4-3-5-7-14/h3-7,12,15H,8-11,13H2,1-2H3,(H,20,25). The minimum absolute atomic E-state index is 0.0435. The Labute approximate surface area is 151 Å². The highest BCUT2D eigenvalue weighted by molar-refractivity contribution is 5.94. The Morgan fingerprint density at radius 1 is 1.08 bits per heavy atom. The molecule has 7 nitrogen and oxygen atoms in total. The summed E-state index contributed by atoms with van der Waals surface area (Å²) in [5.41, 5.74) is 0.792. The summed E-state index contributed by atoms with van der Waals surface area (Å²) in [4.78, 5) is 38.3. The van der Waals surface area contributed by atoms with E-state index in [0.29, 0.717) is 17.8 Å². The molecule has 1 aromatic heterocycles. The maximum Gasteiger partial charge on any atom is 0.330 e. The van der Waals surface area contributed by atoms with Gasteiger partial charge in [0.1, 0.15) is 0 Å². The van der Waals surface area contributed by atoms with E-state index in [1.807, 2.05) is 18.2 Å². The van der Waals surface area contributed by atoms with Gasteiger partial charge in [0, 0.05) is 57.1 Å². The molecule has 1 N–H and O–H groups in total. The second kappa shape index (κ2) is 7.70. The average Bonchev–Trinajstić information content (AvgIpc) is 2.66. The summed E-state index contributed by atoms with van der Waals surface area (Å²) in [5, 5.41) is 3.08. The fourth-order valence-electron chi connectivity index (χ4n) is 3.25. The van der Waals surface area contributed by atoms with Gasteiger partial charge < -0.3 is 5.32 Å². The molecule has 3 rings (SSSR count). The van der Waals surface area contributed by atoms with Crippen LogP contribution in [0.4, 0.5) is 0 Å². The highest BCUT2D eigenvalue weighted by Crippen LogP contribution is 2.13. The summed E-state index contributed by atoms with van der Waals surface area (Å²) in [5.74, 6) is -0.0435. The molecule has 1 fully saturated rings. The van der Waals surface area contributed by atoms with Gasteiger partial charge >= 0.3 is 5.69 Å². The van der Waals surface area contributed by atoms with E-state index in [-0.39, 0.29) is 23.2 Å². The highest BCUT2D eigenvalue weighted by atomic mass is 16.2. The molecule has 138 valence electrons. The van der Waals surface area contributed by atoms with Crippen molar-refractivity contribution in [3.05, 3.63) is 68.5 Å². The van der Waals surface area contributed by atoms with Crippen molar-refractivity contribution >= 4 is 5.91 Å². The monoisotopic (exact) mass is 356 g/mol. The number of amides is 1. The number of hydrogen-bond donors (Lipinski definition) is 1. The van der Waals surface area contributed by atoms with Crippen LogP contribution in [0.2, 0.25) is 0 Å². The third-order valence-electron chi connectivity index (χ3n) is 4.97. The molecule has 26 heavy (non-hydrogen) atoms. The topological polar surface area (TPSA) is 76.3 Å². The Balaban J connectivity index is 1.57. The predicted molar refractivity (Wildman–Crippen MR) is 99.1 cm³/mol. The SMILES string of the molecule is Cn1c(CN2CCC(NC(=O)c3ccccc3)CC2)cc(=O)n(C)c1=O. The largest absolute Gasteiger partial charge is 0.349 e. The van der Waals surface area contributed by atoms with Crippen LogP contribution in [0.3, 0.4) is 0 Å². The van der Waals surface area contributed by atoms with E-state index < -0.39 is 0 Å². The summed E-state index contributed by atoms with van der Waals surface area (Å²) >= 11 is 0. The van der Waals surface area contributed by atoms with Crippen molar-refractivity contribution < 1.29 is 4.79 Å². The smallest absolute Gasteiger partial charge is 0.330 e. The number of nitrogens with zero attached hydrogens (tertiary/aromatic N) is 3. The molecule has 7 heteroatoms. The lowest BCUT2D eigenvalue weighted by molar-refractivity contribution is 0.0908. The van der Waals surface area contributed by atoms with Crippen LogP contribution in [0.5, 0.6) is 0 Å². The molecule has 1 amide bonds. The molecule has 0 radical (unpaired) electrons. The Morgan fingerprint density at radius 2 is 1.73 bits per heavy atom. The fourth-order valence-corrected chi connectivity index (χ4v) is 3.25. The lowest BCUT2D eigenvalue weighted by Crippen LogP contribution is -2.45. The number of piperidine rings is 1. The minimum atomic E-state index is -0.308. The van der Waals surface area contributed by atoms with Crippen molar-refractivity contribution in [2.75, 3.05) is 13.1 Å². The van der Waals surface area contributed by atoms with Gasteiger partial charge in [-0.15, -0.1) is 0 Å². The average molecular weight is 356 g/mol. The number of likely N-dealkylation sites (tertiary alicyclic amines) is 1. The normalized spacial score (nSPS) is 15.8. The Morgan fingerprint density at radius 3 is 2.38 bits per heavy atom. The van der Waals surface area contributed by atoms with Crippen LogP contribution in [-0.4, -0.2) is 39.1 Å². The van der Waals surface area contributed by atoms with Gasteiger partial charge in [-0.25, -0.2) is 4.79 Å². The fraction of sp³-hybridized carbons (Fsp3) is 0.421. The predicted octanol–water partition coefficient (Wildman–Crippen LogP) is 0.478. The van der Waals surface area contributed by atoms with E-state index in [0.717, 1.165) is 30.5 Å². The Hall–Kier alpha value is -2.67. The van der Waals surface area contributed by atoms with E-state index in [4.69, 9.17) is 0 Å². The summed E-state index contributed by atoms with van der Waals surface area (Å²) in [6.45, 7) is 2.17.